The van der Waals surface area contributed by atoms with E-state index in [1.807, 2.05) is 0 Å². The topological polar surface area (TPSA) is 81.5 Å². The molecule has 0 aromatic heterocycles. The number of nitro groups is 1. The van der Waals surface area contributed by atoms with E-state index in [-0.39, 0.29) is 31.7 Å². The van der Waals surface area contributed by atoms with E-state index in [1.165, 1.54) is 0 Å². The zero-order valence-corrected chi connectivity index (χ0v) is 10.8. The Kier molecular flexibility index (Phi) is 5.98. The van der Waals surface area contributed by atoms with E-state index in [4.69, 9.17) is 4.74 Å². The standard InChI is InChI=1S/C12H14F2N2O4/c1-2-20-12(17)3-4-15-7-8-5-11(16(18)19)10(14)6-9(8)13/h5-6,15H,2-4,7H2,1H3. The zero-order chi connectivity index (χ0) is 15.1. The molecule has 6 nitrogen and oxygen atoms in total. The van der Waals surface area contributed by atoms with Crippen molar-refractivity contribution in [3.8, 4) is 0 Å². The quantitative estimate of drug-likeness (QED) is 0.359. The molecule has 0 aliphatic carbocycles. The number of halogens is 2. The smallest absolute Gasteiger partial charge is 0.307 e. The summed E-state index contributed by atoms with van der Waals surface area (Å²) in [6, 6.07) is 1.31. The van der Waals surface area contributed by atoms with E-state index in [9.17, 15) is 23.7 Å². The third kappa shape index (κ3) is 4.54. The van der Waals surface area contributed by atoms with Gasteiger partial charge in [0.2, 0.25) is 5.82 Å². The van der Waals surface area contributed by atoms with Gasteiger partial charge in [0.25, 0.3) is 0 Å². The second-order valence-electron chi connectivity index (χ2n) is 3.88. The van der Waals surface area contributed by atoms with Crippen molar-refractivity contribution >= 4 is 11.7 Å². The lowest BCUT2D eigenvalue weighted by Gasteiger charge is -2.06. The SMILES string of the molecule is CCOC(=O)CCNCc1cc([N+](=O)[O-])c(F)cc1F. The molecule has 0 atom stereocenters. The molecule has 0 fully saturated rings. The van der Waals surface area contributed by atoms with E-state index in [0.717, 1.165) is 6.07 Å². The fourth-order valence-electron chi connectivity index (χ4n) is 1.50. The summed E-state index contributed by atoms with van der Waals surface area (Å²) in [5.74, 6) is -2.50. The molecule has 0 unspecified atom stereocenters. The largest absolute Gasteiger partial charge is 0.466 e. The molecule has 20 heavy (non-hydrogen) atoms. The van der Waals surface area contributed by atoms with Gasteiger partial charge >= 0.3 is 11.7 Å². The molecule has 0 aliphatic rings. The first-order valence-electron chi connectivity index (χ1n) is 5.94. The number of nitrogens with zero attached hydrogens (tertiary/aromatic N) is 1. The summed E-state index contributed by atoms with van der Waals surface area (Å²) in [6.07, 6.45) is 0.0960. The maximum Gasteiger partial charge on any atom is 0.307 e. The van der Waals surface area contributed by atoms with Crippen LogP contribution in [0, 0.1) is 21.7 Å². The molecule has 0 radical (unpaired) electrons. The Bertz CT molecular complexity index is 508. The van der Waals surface area contributed by atoms with Gasteiger partial charge < -0.3 is 10.1 Å². The first-order valence-corrected chi connectivity index (χ1v) is 5.94. The Morgan fingerprint density at radius 2 is 2.10 bits per heavy atom. The normalized spacial score (nSPS) is 10.3. The van der Waals surface area contributed by atoms with Gasteiger partial charge in [-0.05, 0) is 6.92 Å². The number of nitro benzene ring substituents is 1. The van der Waals surface area contributed by atoms with Gasteiger partial charge in [0.05, 0.1) is 18.0 Å². The monoisotopic (exact) mass is 288 g/mol. The molecule has 0 spiro atoms. The number of carbonyl (C=O) groups is 1. The van der Waals surface area contributed by atoms with Gasteiger partial charge in [-0.2, -0.15) is 4.39 Å². The molecule has 8 heteroatoms. The minimum atomic E-state index is -1.22. The Morgan fingerprint density at radius 1 is 1.40 bits per heavy atom. The lowest BCUT2D eigenvalue weighted by Crippen LogP contribution is -2.19. The summed E-state index contributed by atoms with van der Waals surface area (Å²) in [5.41, 5.74) is -0.824. The lowest BCUT2D eigenvalue weighted by molar-refractivity contribution is -0.387. The Hall–Kier alpha value is -2.09. The molecule has 1 aromatic rings. The van der Waals surface area contributed by atoms with Crippen molar-refractivity contribution in [1.29, 1.82) is 0 Å². The molecule has 0 aliphatic heterocycles. The van der Waals surface area contributed by atoms with Crippen molar-refractivity contribution in [3.63, 3.8) is 0 Å². The van der Waals surface area contributed by atoms with Crippen LogP contribution in [0.3, 0.4) is 0 Å². The van der Waals surface area contributed by atoms with Gasteiger partial charge in [-0.25, -0.2) is 4.39 Å². The molecule has 110 valence electrons. The third-order valence-electron chi connectivity index (χ3n) is 2.44. The minimum Gasteiger partial charge on any atom is -0.466 e. The van der Waals surface area contributed by atoms with Crippen molar-refractivity contribution in [2.75, 3.05) is 13.2 Å². The zero-order valence-electron chi connectivity index (χ0n) is 10.8. The van der Waals surface area contributed by atoms with E-state index in [1.54, 1.807) is 6.92 Å². The average Bonchev–Trinajstić information content (AvgIpc) is 2.36. The first kappa shape index (κ1) is 16.0. The van der Waals surface area contributed by atoms with E-state index in [0.29, 0.717) is 6.07 Å². The Balaban J connectivity index is 2.58. The highest BCUT2D eigenvalue weighted by atomic mass is 19.1. The summed E-state index contributed by atoms with van der Waals surface area (Å²) in [5, 5.41) is 13.3. The molecule has 1 aromatic carbocycles. The number of hydrogen-bond donors (Lipinski definition) is 1. The summed E-state index contributed by atoms with van der Waals surface area (Å²) >= 11 is 0. The molecular formula is C12H14F2N2O4. The molecule has 0 saturated carbocycles. The van der Waals surface area contributed by atoms with Gasteiger partial charge in [-0.3, -0.25) is 14.9 Å². The second-order valence-corrected chi connectivity index (χ2v) is 3.88. The summed E-state index contributed by atoms with van der Waals surface area (Å²) in [7, 11) is 0. The third-order valence-corrected chi connectivity index (χ3v) is 2.44. The number of carbonyl (C=O) groups excluding carboxylic acids is 1. The molecule has 0 heterocycles. The average molecular weight is 288 g/mol. The van der Waals surface area contributed by atoms with E-state index < -0.39 is 28.2 Å². The summed E-state index contributed by atoms with van der Waals surface area (Å²) in [6.45, 7) is 2.13. The fraction of sp³-hybridized carbons (Fsp3) is 0.417. The highest BCUT2D eigenvalue weighted by molar-refractivity contribution is 5.69. The van der Waals surface area contributed by atoms with Crippen LogP contribution in [-0.4, -0.2) is 24.0 Å². The van der Waals surface area contributed by atoms with Gasteiger partial charge in [0.1, 0.15) is 5.82 Å². The van der Waals surface area contributed by atoms with Crippen LogP contribution in [0.1, 0.15) is 18.9 Å². The first-order chi connectivity index (χ1) is 9.45. The fourth-order valence-corrected chi connectivity index (χ4v) is 1.50. The maximum atomic E-state index is 13.4. The number of esters is 1. The van der Waals surface area contributed by atoms with Crippen molar-refractivity contribution in [2.45, 2.75) is 19.9 Å². The van der Waals surface area contributed by atoms with Crippen LogP contribution in [0.25, 0.3) is 0 Å². The summed E-state index contributed by atoms with van der Waals surface area (Å²) < 4.78 is 31.2. The number of rotatable bonds is 7. The van der Waals surface area contributed by atoms with Crippen molar-refractivity contribution < 1.29 is 23.2 Å². The van der Waals surface area contributed by atoms with Crippen LogP contribution >= 0.6 is 0 Å². The minimum absolute atomic E-state index is 0.0399. The Labute approximate surface area is 113 Å². The molecular weight excluding hydrogens is 274 g/mol. The number of hydrogen-bond acceptors (Lipinski definition) is 5. The van der Waals surface area contributed by atoms with Gasteiger partial charge in [-0.15, -0.1) is 0 Å². The molecule has 0 amide bonds. The molecule has 1 rings (SSSR count). The number of nitrogens with one attached hydrogen (secondary N) is 1. The van der Waals surface area contributed by atoms with Crippen LogP contribution in [0.4, 0.5) is 14.5 Å². The van der Waals surface area contributed by atoms with Crippen molar-refractivity contribution in [1.82, 2.24) is 5.32 Å². The van der Waals surface area contributed by atoms with Crippen LogP contribution < -0.4 is 5.32 Å². The Morgan fingerprint density at radius 3 is 2.70 bits per heavy atom. The van der Waals surface area contributed by atoms with Gasteiger partial charge in [0.15, 0.2) is 0 Å². The number of benzene rings is 1. The van der Waals surface area contributed by atoms with Crippen LogP contribution in [0.15, 0.2) is 12.1 Å². The van der Waals surface area contributed by atoms with Crippen molar-refractivity contribution in [2.24, 2.45) is 0 Å². The van der Waals surface area contributed by atoms with Crippen molar-refractivity contribution in [3.05, 3.63) is 39.4 Å². The predicted octanol–water partition coefficient (Wildman–Crippen LogP) is 1.92. The maximum absolute atomic E-state index is 13.4. The summed E-state index contributed by atoms with van der Waals surface area (Å²) in [4.78, 5) is 20.7. The van der Waals surface area contributed by atoms with Gasteiger partial charge in [-0.1, -0.05) is 0 Å². The highest BCUT2D eigenvalue weighted by Gasteiger charge is 2.18. The molecule has 1 N–H and O–H groups in total. The lowest BCUT2D eigenvalue weighted by atomic mass is 10.1. The van der Waals surface area contributed by atoms with Gasteiger partial charge in [0, 0.05) is 30.8 Å². The van der Waals surface area contributed by atoms with Crippen LogP contribution in [0.2, 0.25) is 0 Å². The van der Waals surface area contributed by atoms with Crippen LogP contribution in [0.5, 0.6) is 0 Å². The second kappa shape index (κ2) is 7.49. The predicted molar refractivity (Wildman–Crippen MR) is 66.0 cm³/mol. The van der Waals surface area contributed by atoms with E-state index in [2.05, 4.69) is 5.32 Å². The molecule has 0 bridgehead atoms. The molecule has 0 saturated heterocycles. The number of ether oxygens (including phenoxy) is 1. The highest BCUT2D eigenvalue weighted by Crippen LogP contribution is 2.21. The van der Waals surface area contributed by atoms with E-state index >= 15 is 0 Å². The van der Waals surface area contributed by atoms with Crippen LogP contribution in [-0.2, 0) is 16.1 Å².